The number of rotatable bonds is 6. The van der Waals surface area contributed by atoms with Crippen LogP contribution in [0.2, 0.25) is 0 Å². The van der Waals surface area contributed by atoms with Gasteiger partial charge in [-0.25, -0.2) is 0 Å². The molecular formula is C20H24N2O3. The zero-order valence-corrected chi connectivity index (χ0v) is 14.3. The van der Waals surface area contributed by atoms with Crippen molar-refractivity contribution in [3.63, 3.8) is 0 Å². The molecule has 1 saturated carbocycles. The third-order valence-electron chi connectivity index (χ3n) is 5.10. The Labute approximate surface area is 148 Å². The topological polar surface area (TPSA) is 54.7 Å². The van der Waals surface area contributed by atoms with Gasteiger partial charge in [-0.1, -0.05) is 30.3 Å². The van der Waals surface area contributed by atoms with Crippen molar-refractivity contribution >= 4 is 5.91 Å². The highest BCUT2D eigenvalue weighted by atomic mass is 16.5. The maximum atomic E-state index is 12.7. The lowest BCUT2D eigenvalue weighted by atomic mass is 10.1. The SMILES string of the molecule is O=C(N[C@H](CN1CCOCC1)c1ccccc1)[C@@H]1C[C@H]1c1ccco1. The van der Waals surface area contributed by atoms with Gasteiger partial charge in [-0.2, -0.15) is 0 Å². The molecule has 1 aliphatic carbocycles. The second-order valence-corrected chi connectivity index (χ2v) is 6.85. The molecule has 5 nitrogen and oxygen atoms in total. The molecule has 0 unspecified atom stereocenters. The van der Waals surface area contributed by atoms with Crippen LogP contribution in [0.25, 0.3) is 0 Å². The summed E-state index contributed by atoms with van der Waals surface area (Å²) in [5, 5.41) is 3.27. The number of nitrogens with one attached hydrogen (secondary N) is 1. The van der Waals surface area contributed by atoms with Crippen molar-refractivity contribution < 1.29 is 13.9 Å². The van der Waals surface area contributed by atoms with Crippen LogP contribution in [0, 0.1) is 5.92 Å². The van der Waals surface area contributed by atoms with Crippen LogP contribution in [0.4, 0.5) is 0 Å². The molecule has 1 amide bonds. The minimum Gasteiger partial charge on any atom is -0.469 e. The number of furan rings is 1. The molecule has 1 saturated heterocycles. The van der Waals surface area contributed by atoms with Gasteiger partial charge >= 0.3 is 0 Å². The van der Waals surface area contributed by atoms with Crippen molar-refractivity contribution in [2.24, 2.45) is 5.92 Å². The predicted molar refractivity (Wildman–Crippen MR) is 94.1 cm³/mol. The first-order valence-electron chi connectivity index (χ1n) is 9.00. The number of carbonyl (C=O) groups excluding carboxylic acids is 1. The van der Waals surface area contributed by atoms with E-state index >= 15 is 0 Å². The molecule has 0 spiro atoms. The van der Waals surface area contributed by atoms with E-state index in [-0.39, 0.29) is 23.8 Å². The number of nitrogens with zero attached hydrogens (tertiary/aromatic N) is 1. The summed E-state index contributed by atoms with van der Waals surface area (Å²) in [6, 6.07) is 14.1. The van der Waals surface area contributed by atoms with E-state index in [1.165, 1.54) is 0 Å². The van der Waals surface area contributed by atoms with Crippen molar-refractivity contribution in [1.82, 2.24) is 10.2 Å². The van der Waals surface area contributed by atoms with Gasteiger partial charge < -0.3 is 14.5 Å². The van der Waals surface area contributed by atoms with Gasteiger partial charge in [-0.3, -0.25) is 9.69 Å². The van der Waals surface area contributed by atoms with Crippen LogP contribution in [-0.2, 0) is 9.53 Å². The Morgan fingerprint density at radius 2 is 1.96 bits per heavy atom. The van der Waals surface area contributed by atoms with Crippen LogP contribution in [0.1, 0.15) is 29.7 Å². The Morgan fingerprint density at radius 3 is 2.68 bits per heavy atom. The molecule has 2 aliphatic rings. The van der Waals surface area contributed by atoms with E-state index in [9.17, 15) is 4.79 Å². The minimum atomic E-state index is 0.00431. The lowest BCUT2D eigenvalue weighted by Crippen LogP contribution is -2.43. The molecule has 25 heavy (non-hydrogen) atoms. The largest absolute Gasteiger partial charge is 0.469 e. The number of hydrogen-bond donors (Lipinski definition) is 1. The molecule has 0 radical (unpaired) electrons. The molecule has 1 aromatic carbocycles. The third-order valence-corrected chi connectivity index (χ3v) is 5.10. The van der Waals surface area contributed by atoms with E-state index in [1.807, 2.05) is 30.3 Å². The van der Waals surface area contributed by atoms with E-state index in [0.717, 1.165) is 50.6 Å². The highest BCUT2D eigenvalue weighted by Gasteiger charge is 2.46. The lowest BCUT2D eigenvalue weighted by molar-refractivity contribution is -0.123. The monoisotopic (exact) mass is 340 g/mol. The summed E-state index contributed by atoms with van der Waals surface area (Å²) in [6.45, 7) is 4.17. The molecule has 1 aliphatic heterocycles. The van der Waals surface area contributed by atoms with Crippen molar-refractivity contribution in [3.05, 3.63) is 60.1 Å². The summed E-state index contributed by atoms with van der Waals surface area (Å²) < 4.78 is 10.9. The number of amides is 1. The van der Waals surface area contributed by atoms with E-state index in [2.05, 4.69) is 22.3 Å². The first-order valence-corrected chi connectivity index (χ1v) is 9.00. The van der Waals surface area contributed by atoms with Gasteiger partial charge in [0.1, 0.15) is 5.76 Å². The Kier molecular flexibility index (Phi) is 4.85. The molecule has 3 atom stereocenters. The molecule has 1 aromatic heterocycles. The molecule has 132 valence electrons. The summed E-state index contributed by atoms with van der Waals surface area (Å²) in [5.74, 6) is 1.31. The van der Waals surface area contributed by atoms with Gasteiger partial charge in [0.05, 0.1) is 25.5 Å². The van der Waals surface area contributed by atoms with Crippen LogP contribution in [0.5, 0.6) is 0 Å². The van der Waals surface area contributed by atoms with Crippen molar-refractivity contribution in [1.29, 1.82) is 0 Å². The van der Waals surface area contributed by atoms with Gasteiger partial charge in [-0.05, 0) is 24.1 Å². The Balaban J connectivity index is 1.42. The quantitative estimate of drug-likeness (QED) is 0.878. The standard InChI is InChI=1S/C20H24N2O3/c23-20(17-13-16(17)19-7-4-10-25-19)21-18(15-5-2-1-3-6-15)14-22-8-11-24-12-9-22/h1-7,10,16-18H,8-9,11-14H2,(H,21,23)/t16-,17-,18-/m1/s1. The molecule has 0 bridgehead atoms. The Hall–Kier alpha value is -2.11. The predicted octanol–water partition coefficient (Wildman–Crippen LogP) is 2.57. The summed E-state index contributed by atoms with van der Waals surface area (Å²) in [6.07, 6.45) is 2.55. The Bertz CT molecular complexity index is 680. The maximum absolute atomic E-state index is 12.7. The minimum absolute atomic E-state index is 0.00431. The van der Waals surface area contributed by atoms with Gasteiger partial charge in [0.2, 0.25) is 5.91 Å². The maximum Gasteiger partial charge on any atom is 0.224 e. The molecule has 2 fully saturated rings. The normalized spacial score (nSPS) is 24.6. The first kappa shape index (κ1) is 16.4. The zero-order chi connectivity index (χ0) is 17.1. The van der Waals surface area contributed by atoms with Crippen LogP contribution < -0.4 is 5.32 Å². The molecule has 1 N–H and O–H groups in total. The van der Waals surface area contributed by atoms with Crippen LogP contribution in [-0.4, -0.2) is 43.7 Å². The summed E-state index contributed by atoms with van der Waals surface area (Å²) >= 11 is 0. The van der Waals surface area contributed by atoms with E-state index < -0.39 is 0 Å². The Morgan fingerprint density at radius 1 is 1.16 bits per heavy atom. The number of hydrogen-bond acceptors (Lipinski definition) is 4. The van der Waals surface area contributed by atoms with Crippen LogP contribution >= 0.6 is 0 Å². The molecule has 4 rings (SSSR count). The van der Waals surface area contributed by atoms with Crippen molar-refractivity contribution in [2.75, 3.05) is 32.8 Å². The number of morpholine rings is 1. The van der Waals surface area contributed by atoms with Gasteiger partial charge in [0.25, 0.3) is 0 Å². The lowest BCUT2D eigenvalue weighted by Gasteiger charge is -2.31. The summed E-state index contributed by atoms with van der Waals surface area (Å²) in [4.78, 5) is 15.1. The number of ether oxygens (including phenoxy) is 1. The van der Waals surface area contributed by atoms with Crippen LogP contribution in [0.15, 0.2) is 53.1 Å². The van der Waals surface area contributed by atoms with Gasteiger partial charge in [0.15, 0.2) is 0 Å². The van der Waals surface area contributed by atoms with Gasteiger partial charge in [-0.15, -0.1) is 0 Å². The second-order valence-electron chi connectivity index (χ2n) is 6.85. The number of benzene rings is 1. The number of carbonyl (C=O) groups is 1. The third kappa shape index (κ3) is 3.94. The molecule has 2 heterocycles. The molecular weight excluding hydrogens is 316 g/mol. The fraction of sp³-hybridized carbons (Fsp3) is 0.450. The second kappa shape index (κ2) is 7.42. The average molecular weight is 340 g/mol. The molecule has 5 heteroatoms. The fourth-order valence-corrected chi connectivity index (χ4v) is 3.54. The average Bonchev–Trinajstić information content (AvgIpc) is 3.28. The van der Waals surface area contributed by atoms with E-state index in [1.54, 1.807) is 6.26 Å². The highest BCUT2D eigenvalue weighted by Crippen LogP contribution is 2.47. The van der Waals surface area contributed by atoms with E-state index in [4.69, 9.17) is 9.15 Å². The molecule has 2 aromatic rings. The first-order chi connectivity index (χ1) is 12.3. The van der Waals surface area contributed by atoms with Gasteiger partial charge in [0, 0.05) is 31.5 Å². The van der Waals surface area contributed by atoms with Crippen LogP contribution in [0.3, 0.4) is 0 Å². The fourth-order valence-electron chi connectivity index (χ4n) is 3.54. The summed E-state index contributed by atoms with van der Waals surface area (Å²) in [5.41, 5.74) is 1.15. The van der Waals surface area contributed by atoms with Crippen molar-refractivity contribution in [3.8, 4) is 0 Å². The van der Waals surface area contributed by atoms with Crippen molar-refractivity contribution in [2.45, 2.75) is 18.4 Å². The zero-order valence-electron chi connectivity index (χ0n) is 14.3. The summed E-state index contributed by atoms with van der Waals surface area (Å²) in [7, 11) is 0. The van der Waals surface area contributed by atoms with E-state index in [0.29, 0.717) is 0 Å². The smallest absolute Gasteiger partial charge is 0.224 e. The highest BCUT2D eigenvalue weighted by molar-refractivity contribution is 5.83.